The van der Waals surface area contributed by atoms with Crippen molar-refractivity contribution in [3.8, 4) is 6.07 Å². The highest BCUT2D eigenvalue weighted by molar-refractivity contribution is 6.55. The predicted molar refractivity (Wildman–Crippen MR) is 48.0 cm³/mol. The quantitative estimate of drug-likeness (QED) is 0.558. The van der Waals surface area contributed by atoms with E-state index in [1.165, 1.54) is 6.08 Å². The van der Waals surface area contributed by atoms with Gasteiger partial charge in [0.15, 0.2) is 0 Å². The molecule has 0 aliphatic carbocycles. The molecule has 0 rings (SSSR count). The fraction of sp³-hybridized carbons (Fsp3) is 0. The molecule has 0 aromatic carbocycles. The summed E-state index contributed by atoms with van der Waals surface area (Å²) in [4.78, 5) is 0. The average Bonchev–Trinajstić information content (AvgIpc) is 1.85. The molecule has 0 saturated heterocycles. The second-order valence-corrected chi connectivity index (χ2v) is 2.12. The molecule has 0 amide bonds. The molecule has 0 aliphatic rings. The monoisotopic (exact) mass is 213 g/mol. The van der Waals surface area contributed by atoms with Gasteiger partial charge in [-0.2, -0.15) is 14.0 Å². The molecule has 0 radical (unpaired) electrons. The van der Waals surface area contributed by atoms with E-state index in [2.05, 4.69) is 19.7 Å². The van der Waals surface area contributed by atoms with E-state index in [0.29, 0.717) is 0 Å². The lowest BCUT2D eigenvalue weighted by molar-refractivity contribution is 0.426. The molecule has 5 heteroatoms. The molecule has 0 fully saturated rings. The van der Waals surface area contributed by atoms with Crippen LogP contribution in [0.5, 0.6) is 0 Å². The summed E-state index contributed by atoms with van der Waals surface area (Å²) in [5, 5.41) is 7.51. The number of halogens is 4. The third-order valence-corrected chi connectivity index (χ3v) is 0.0913. The number of allylic oxidation sites excluding steroid dienone is 1. The lowest BCUT2D eigenvalue weighted by Gasteiger charge is -1.57. The highest BCUT2D eigenvalue weighted by Crippen LogP contribution is 1.98. The van der Waals surface area contributed by atoms with E-state index in [-0.39, 0.29) is 4.49 Å². The Kier molecular flexibility index (Phi) is 24.0. The Hall–Kier alpha value is -0.850. The number of rotatable bonds is 0. The fourth-order valence-electron chi connectivity index (χ4n) is 0. The van der Waals surface area contributed by atoms with E-state index in [9.17, 15) is 8.78 Å². The summed E-state index contributed by atoms with van der Waals surface area (Å²) < 4.78 is 20.4. The topological polar surface area (TPSA) is 23.8 Å². The first-order valence-electron chi connectivity index (χ1n) is 2.38. The maximum Gasteiger partial charge on any atom is 0.263 e. The minimum Gasteiger partial charge on any atom is -0.193 e. The van der Waals surface area contributed by atoms with Crippen LogP contribution in [0.3, 0.4) is 0 Å². The number of nitriles is 1. The third kappa shape index (κ3) is 27000. The molecule has 0 bridgehead atoms. The van der Waals surface area contributed by atoms with Crippen molar-refractivity contribution >= 4 is 23.2 Å². The van der Waals surface area contributed by atoms with E-state index >= 15 is 0 Å². The zero-order valence-corrected chi connectivity index (χ0v) is 7.67. The number of hydrogen-bond donors (Lipinski definition) is 0. The minimum atomic E-state index is -1.83. The first-order valence-corrected chi connectivity index (χ1v) is 3.14. The van der Waals surface area contributed by atoms with Gasteiger partial charge in [0.2, 0.25) is 0 Å². The van der Waals surface area contributed by atoms with Gasteiger partial charge in [0.05, 0.1) is 10.6 Å². The molecular formula is C7H7Cl2F2N. The van der Waals surface area contributed by atoms with Crippen LogP contribution < -0.4 is 0 Å². The number of nitrogens with zero attached hydrogens (tertiary/aromatic N) is 1. The number of hydrogen-bond acceptors (Lipinski definition) is 1. The van der Waals surface area contributed by atoms with Gasteiger partial charge in [0, 0.05) is 6.08 Å². The van der Waals surface area contributed by atoms with Gasteiger partial charge in [0.1, 0.15) is 0 Å². The first-order chi connectivity index (χ1) is 5.38. The van der Waals surface area contributed by atoms with Crippen molar-refractivity contribution in [2.24, 2.45) is 0 Å². The Morgan fingerprint density at radius 2 is 1.42 bits per heavy atom. The van der Waals surface area contributed by atoms with Gasteiger partial charge in [-0.1, -0.05) is 36.4 Å². The Balaban J connectivity index is -0.000000101. The fourth-order valence-corrected chi connectivity index (χ4v) is 0. The Morgan fingerprint density at radius 3 is 1.42 bits per heavy atom. The van der Waals surface area contributed by atoms with Crippen LogP contribution in [0.1, 0.15) is 0 Å². The van der Waals surface area contributed by atoms with Crippen molar-refractivity contribution in [2.75, 3.05) is 0 Å². The summed E-state index contributed by atoms with van der Waals surface area (Å²) in [7, 11) is 0. The molecule has 0 aliphatic heterocycles. The molecule has 0 heterocycles. The molecule has 0 N–H and O–H groups in total. The van der Waals surface area contributed by atoms with Crippen molar-refractivity contribution in [3.63, 3.8) is 0 Å². The van der Waals surface area contributed by atoms with E-state index < -0.39 is 6.08 Å². The van der Waals surface area contributed by atoms with Gasteiger partial charge >= 0.3 is 0 Å². The van der Waals surface area contributed by atoms with Crippen molar-refractivity contribution in [1.29, 1.82) is 5.26 Å². The first kappa shape index (κ1) is 17.3. The summed E-state index contributed by atoms with van der Waals surface area (Å²) >= 11 is 9.69. The molecule has 0 unspecified atom stereocenters. The van der Waals surface area contributed by atoms with Gasteiger partial charge < -0.3 is 0 Å². The Bertz CT molecular complexity index is 164. The summed E-state index contributed by atoms with van der Waals surface area (Å²) in [5.74, 6) is 0. The molecule has 0 atom stereocenters. The second kappa shape index (κ2) is 16.6. The summed E-state index contributed by atoms with van der Waals surface area (Å²) in [6.45, 7) is 8.43. The van der Waals surface area contributed by atoms with Crippen LogP contribution in [-0.2, 0) is 0 Å². The van der Waals surface area contributed by atoms with Crippen molar-refractivity contribution < 1.29 is 8.78 Å². The van der Waals surface area contributed by atoms with Crippen LogP contribution in [0.25, 0.3) is 0 Å². The van der Waals surface area contributed by atoms with E-state index in [0.717, 1.165) is 0 Å². The van der Waals surface area contributed by atoms with Gasteiger partial charge in [-0.15, -0.1) is 0 Å². The maximum absolute atomic E-state index is 10.1. The van der Waals surface area contributed by atoms with Crippen molar-refractivity contribution in [1.82, 2.24) is 0 Å². The molecule has 0 spiro atoms. The molecule has 12 heavy (non-hydrogen) atoms. The smallest absolute Gasteiger partial charge is 0.193 e. The Morgan fingerprint density at radius 1 is 1.33 bits per heavy atom. The standard InChI is InChI=1S/C3H3N.C2H2Cl2.C2H2F2/c1-2-3-4;2*1-2(3)4/h2H,1H2;2*1H2. The van der Waals surface area contributed by atoms with Crippen molar-refractivity contribution in [3.05, 3.63) is 36.4 Å². The van der Waals surface area contributed by atoms with Crippen LogP contribution in [-0.4, -0.2) is 0 Å². The summed E-state index contributed by atoms with van der Waals surface area (Å²) in [6.07, 6.45) is -0.653. The molecule has 0 saturated carbocycles. The van der Waals surface area contributed by atoms with Gasteiger partial charge in [-0.05, 0) is 6.58 Å². The SMILES string of the molecule is C=C(Cl)Cl.C=C(F)F.C=CC#N. The van der Waals surface area contributed by atoms with E-state index in [1.54, 1.807) is 6.07 Å². The normalized spacial score (nSPS) is 5.58. The zero-order chi connectivity index (χ0) is 10.6. The van der Waals surface area contributed by atoms with Gasteiger partial charge in [0.25, 0.3) is 6.08 Å². The zero-order valence-electron chi connectivity index (χ0n) is 6.16. The Labute approximate surface area is 80.2 Å². The summed E-state index contributed by atoms with van der Waals surface area (Å²) in [5.41, 5.74) is 0. The van der Waals surface area contributed by atoms with E-state index in [1.807, 2.05) is 0 Å². The van der Waals surface area contributed by atoms with Gasteiger partial charge in [-0.25, -0.2) is 0 Å². The largest absolute Gasteiger partial charge is 0.263 e. The second-order valence-electron chi connectivity index (χ2n) is 1.01. The molecular weight excluding hydrogens is 207 g/mol. The maximum atomic E-state index is 10.1. The highest BCUT2D eigenvalue weighted by Gasteiger charge is 1.65. The van der Waals surface area contributed by atoms with Gasteiger partial charge in [-0.3, -0.25) is 0 Å². The lowest BCUT2D eigenvalue weighted by atomic mass is 10.8. The summed E-state index contributed by atoms with van der Waals surface area (Å²) in [6, 6.07) is 1.69. The van der Waals surface area contributed by atoms with Crippen LogP contribution in [0, 0.1) is 11.3 Å². The molecule has 1 nitrogen and oxygen atoms in total. The predicted octanol–water partition coefficient (Wildman–Crippen LogP) is 4.03. The lowest BCUT2D eigenvalue weighted by Crippen LogP contribution is -1.33. The van der Waals surface area contributed by atoms with Crippen LogP contribution in [0.15, 0.2) is 36.4 Å². The van der Waals surface area contributed by atoms with Crippen LogP contribution in [0.4, 0.5) is 8.78 Å². The minimum absolute atomic E-state index is 0.111. The molecule has 0 aromatic rings. The van der Waals surface area contributed by atoms with E-state index in [4.69, 9.17) is 28.5 Å². The van der Waals surface area contributed by atoms with Crippen LogP contribution in [0.2, 0.25) is 0 Å². The average molecular weight is 214 g/mol. The molecule has 0 aromatic heterocycles. The van der Waals surface area contributed by atoms with Crippen molar-refractivity contribution in [2.45, 2.75) is 0 Å². The highest BCUT2D eigenvalue weighted by atomic mass is 35.5. The molecule has 68 valence electrons. The van der Waals surface area contributed by atoms with Crippen LogP contribution >= 0.6 is 23.2 Å². The third-order valence-electron chi connectivity index (χ3n) is 0.0913.